The third-order valence-corrected chi connectivity index (χ3v) is 2.48. The van der Waals surface area contributed by atoms with Gasteiger partial charge in [0.2, 0.25) is 0 Å². The monoisotopic (exact) mass is 222 g/mol. The second kappa shape index (κ2) is 6.73. The molecule has 0 radical (unpaired) electrons. The van der Waals surface area contributed by atoms with Gasteiger partial charge in [0.1, 0.15) is 0 Å². The van der Waals surface area contributed by atoms with E-state index < -0.39 is 37.1 Å². The van der Waals surface area contributed by atoms with Crippen molar-refractivity contribution >= 4 is 5.97 Å². The molecule has 15 heavy (non-hydrogen) atoms. The first kappa shape index (κ1) is 14.3. The highest BCUT2D eigenvalue weighted by Gasteiger charge is 2.38. The Kier molecular flexibility index (Phi) is 6.42. The fourth-order valence-electron chi connectivity index (χ4n) is 1.38. The van der Waals surface area contributed by atoms with E-state index in [0.717, 1.165) is 0 Å². The summed E-state index contributed by atoms with van der Waals surface area (Å²) in [6.07, 6.45) is -1.21. The van der Waals surface area contributed by atoms with Gasteiger partial charge in [-0.05, 0) is 12.8 Å². The zero-order valence-corrected chi connectivity index (χ0v) is 8.46. The largest absolute Gasteiger partial charge is 0.481 e. The van der Waals surface area contributed by atoms with Crippen molar-refractivity contribution in [3.63, 3.8) is 0 Å². The molecule has 6 nitrogen and oxygen atoms in total. The van der Waals surface area contributed by atoms with Crippen LogP contribution in [0.25, 0.3) is 0 Å². The average molecular weight is 222 g/mol. The van der Waals surface area contributed by atoms with E-state index in [1.807, 2.05) is 0 Å². The lowest BCUT2D eigenvalue weighted by molar-refractivity contribution is -0.147. The van der Waals surface area contributed by atoms with Gasteiger partial charge in [-0.3, -0.25) is 4.79 Å². The van der Waals surface area contributed by atoms with Crippen molar-refractivity contribution in [1.82, 2.24) is 0 Å². The van der Waals surface area contributed by atoms with Crippen LogP contribution < -0.4 is 0 Å². The summed E-state index contributed by atoms with van der Waals surface area (Å²) in [6, 6.07) is 0. The van der Waals surface area contributed by atoms with Crippen LogP contribution in [0.2, 0.25) is 0 Å². The standard InChI is InChI=1S/C9H18O6/c10-3-1-2-7(13)9(5-11,6-12)4-8(14)15/h7,10-13H,1-6H2,(H,14,15). The van der Waals surface area contributed by atoms with Gasteiger partial charge in [0, 0.05) is 6.61 Å². The van der Waals surface area contributed by atoms with E-state index >= 15 is 0 Å². The highest BCUT2D eigenvalue weighted by molar-refractivity contribution is 5.67. The summed E-state index contributed by atoms with van der Waals surface area (Å²) in [4.78, 5) is 10.5. The zero-order valence-electron chi connectivity index (χ0n) is 8.46. The van der Waals surface area contributed by atoms with E-state index in [2.05, 4.69) is 0 Å². The molecule has 0 amide bonds. The van der Waals surface area contributed by atoms with Crippen LogP contribution in [0.5, 0.6) is 0 Å². The predicted octanol–water partition coefficient (Wildman–Crippen LogP) is -1.43. The van der Waals surface area contributed by atoms with Gasteiger partial charge in [-0.25, -0.2) is 0 Å². The first-order valence-corrected chi connectivity index (χ1v) is 4.75. The van der Waals surface area contributed by atoms with Crippen LogP contribution >= 0.6 is 0 Å². The minimum absolute atomic E-state index is 0.128. The molecule has 0 bridgehead atoms. The topological polar surface area (TPSA) is 118 Å². The molecule has 0 aromatic heterocycles. The number of aliphatic hydroxyl groups is 4. The van der Waals surface area contributed by atoms with Gasteiger partial charge in [0.05, 0.1) is 31.2 Å². The summed E-state index contributed by atoms with van der Waals surface area (Å²) >= 11 is 0. The maximum Gasteiger partial charge on any atom is 0.304 e. The van der Waals surface area contributed by atoms with E-state index in [9.17, 15) is 9.90 Å². The third kappa shape index (κ3) is 4.13. The molecule has 0 aromatic rings. The summed E-state index contributed by atoms with van der Waals surface area (Å²) < 4.78 is 0. The van der Waals surface area contributed by atoms with Crippen molar-refractivity contribution in [2.45, 2.75) is 25.4 Å². The van der Waals surface area contributed by atoms with Crippen LogP contribution in [-0.4, -0.2) is 57.4 Å². The Morgan fingerprint density at radius 3 is 2.07 bits per heavy atom. The van der Waals surface area contributed by atoms with Crippen molar-refractivity contribution in [1.29, 1.82) is 0 Å². The number of carboxylic acid groups (broad SMARTS) is 1. The molecule has 0 saturated carbocycles. The Balaban J connectivity index is 4.51. The van der Waals surface area contributed by atoms with Crippen LogP contribution in [0.4, 0.5) is 0 Å². The molecule has 0 aliphatic heterocycles. The molecular weight excluding hydrogens is 204 g/mol. The molecule has 1 atom stereocenters. The first-order chi connectivity index (χ1) is 7.02. The van der Waals surface area contributed by atoms with Gasteiger partial charge < -0.3 is 25.5 Å². The normalized spacial score (nSPS) is 13.9. The van der Waals surface area contributed by atoms with E-state index in [-0.39, 0.29) is 13.0 Å². The van der Waals surface area contributed by atoms with Gasteiger partial charge in [-0.1, -0.05) is 0 Å². The molecule has 0 aliphatic carbocycles. The van der Waals surface area contributed by atoms with Gasteiger partial charge in [0.15, 0.2) is 0 Å². The number of aliphatic hydroxyl groups excluding tert-OH is 4. The van der Waals surface area contributed by atoms with Crippen molar-refractivity contribution in [3.05, 3.63) is 0 Å². The first-order valence-electron chi connectivity index (χ1n) is 4.75. The van der Waals surface area contributed by atoms with Crippen molar-refractivity contribution in [3.8, 4) is 0 Å². The van der Waals surface area contributed by atoms with Gasteiger partial charge >= 0.3 is 5.97 Å². The van der Waals surface area contributed by atoms with Crippen molar-refractivity contribution in [2.75, 3.05) is 19.8 Å². The molecule has 0 heterocycles. The molecular formula is C9H18O6. The fourth-order valence-corrected chi connectivity index (χ4v) is 1.38. The molecule has 0 aromatic carbocycles. The quantitative estimate of drug-likeness (QED) is 0.343. The van der Waals surface area contributed by atoms with Crippen LogP contribution in [-0.2, 0) is 4.79 Å². The summed E-state index contributed by atoms with van der Waals surface area (Å²) in [7, 11) is 0. The van der Waals surface area contributed by atoms with Gasteiger partial charge in [-0.15, -0.1) is 0 Å². The van der Waals surface area contributed by atoms with E-state index in [1.54, 1.807) is 0 Å². The highest BCUT2D eigenvalue weighted by atomic mass is 16.4. The lowest BCUT2D eigenvalue weighted by Crippen LogP contribution is -2.43. The Hall–Kier alpha value is -0.690. The third-order valence-electron chi connectivity index (χ3n) is 2.48. The minimum Gasteiger partial charge on any atom is -0.481 e. The molecule has 90 valence electrons. The van der Waals surface area contributed by atoms with Crippen LogP contribution in [0.15, 0.2) is 0 Å². The SMILES string of the molecule is O=C(O)CC(CO)(CO)C(O)CCCO. The van der Waals surface area contributed by atoms with E-state index in [1.165, 1.54) is 0 Å². The number of rotatable bonds is 8. The highest BCUT2D eigenvalue weighted by Crippen LogP contribution is 2.28. The Morgan fingerprint density at radius 2 is 1.73 bits per heavy atom. The minimum atomic E-state index is -1.43. The summed E-state index contributed by atoms with van der Waals surface area (Å²) in [5, 5.41) is 44.9. The molecule has 0 spiro atoms. The van der Waals surface area contributed by atoms with E-state index in [0.29, 0.717) is 6.42 Å². The number of hydrogen-bond donors (Lipinski definition) is 5. The second-order valence-corrected chi connectivity index (χ2v) is 3.63. The lowest BCUT2D eigenvalue weighted by atomic mass is 9.78. The lowest BCUT2D eigenvalue weighted by Gasteiger charge is -2.33. The van der Waals surface area contributed by atoms with Crippen LogP contribution in [0.1, 0.15) is 19.3 Å². The molecule has 5 N–H and O–H groups in total. The molecule has 1 unspecified atom stereocenters. The fraction of sp³-hybridized carbons (Fsp3) is 0.889. The average Bonchev–Trinajstić information content (AvgIpc) is 2.22. The summed E-state index contributed by atoms with van der Waals surface area (Å²) in [5.41, 5.74) is -1.43. The Bertz CT molecular complexity index is 189. The molecule has 6 heteroatoms. The Labute approximate surface area is 87.8 Å². The molecule has 0 aliphatic rings. The van der Waals surface area contributed by atoms with E-state index in [4.69, 9.17) is 20.4 Å². The van der Waals surface area contributed by atoms with Crippen LogP contribution in [0, 0.1) is 5.41 Å². The smallest absolute Gasteiger partial charge is 0.304 e. The molecule has 0 rings (SSSR count). The van der Waals surface area contributed by atoms with Gasteiger partial charge in [-0.2, -0.15) is 0 Å². The van der Waals surface area contributed by atoms with Crippen LogP contribution in [0.3, 0.4) is 0 Å². The predicted molar refractivity (Wildman–Crippen MR) is 51.2 cm³/mol. The van der Waals surface area contributed by atoms with Gasteiger partial charge in [0.25, 0.3) is 0 Å². The molecule has 0 fully saturated rings. The number of carbonyl (C=O) groups is 1. The number of carboxylic acids is 1. The van der Waals surface area contributed by atoms with Crippen molar-refractivity contribution in [2.24, 2.45) is 5.41 Å². The zero-order chi connectivity index (χ0) is 11.9. The summed E-state index contributed by atoms with van der Waals surface area (Å²) in [5.74, 6) is -1.19. The Morgan fingerprint density at radius 1 is 1.20 bits per heavy atom. The number of hydrogen-bond acceptors (Lipinski definition) is 5. The number of aliphatic carboxylic acids is 1. The molecule has 0 saturated heterocycles. The van der Waals surface area contributed by atoms with Crippen molar-refractivity contribution < 1.29 is 30.3 Å². The maximum atomic E-state index is 10.5. The maximum absolute atomic E-state index is 10.5. The summed E-state index contributed by atoms with van der Waals surface area (Å²) in [6.45, 7) is -1.35. The second-order valence-electron chi connectivity index (χ2n) is 3.63.